The highest BCUT2D eigenvalue weighted by Gasteiger charge is 2.13. The fourth-order valence-electron chi connectivity index (χ4n) is 2.00. The lowest BCUT2D eigenvalue weighted by Gasteiger charge is -2.23. The van der Waals surface area contributed by atoms with Gasteiger partial charge < -0.3 is 4.74 Å². The van der Waals surface area contributed by atoms with Gasteiger partial charge in [-0.15, -0.1) is 0 Å². The first-order valence-electron chi connectivity index (χ1n) is 6.81. The second-order valence-corrected chi connectivity index (χ2v) is 5.23. The van der Waals surface area contributed by atoms with Crippen molar-refractivity contribution in [2.24, 2.45) is 5.92 Å². The van der Waals surface area contributed by atoms with Crippen LogP contribution in [0.5, 0.6) is 0 Å². The van der Waals surface area contributed by atoms with Gasteiger partial charge in [0.25, 0.3) is 0 Å². The van der Waals surface area contributed by atoms with Crippen LogP contribution in [-0.4, -0.2) is 44.0 Å². The van der Waals surface area contributed by atoms with Gasteiger partial charge in [0.2, 0.25) is 0 Å². The summed E-state index contributed by atoms with van der Waals surface area (Å²) in [5.74, 6) is 0.576. The number of hydrogen-bond acceptors (Lipinski definition) is 4. The van der Waals surface area contributed by atoms with Crippen molar-refractivity contribution < 1.29 is 9.53 Å². The number of ether oxygens (including phenoxy) is 1. The molecule has 1 rings (SSSR count). The van der Waals surface area contributed by atoms with Crippen LogP contribution in [-0.2, 0) is 4.74 Å². The summed E-state index contributed by atoms with van der Waals surface area (Å²) < 4.78 is 5.08. The number of ketones is 1. The molecule has 4 nitrogen and oxygen atoms in total. The van der Waals surface area contributed by atoms with E-state index in [1.165, 1.54) is 0 Å². The maximum Gasteiger partial charge on any atom is 0.176 e. The molecule has 0 heterocycles. The fraction of sp³-hybridized carbons (Fsp3) is 0.500. The van der Waals surface area contributed by atoms with Crippen molar-refractivity contribution in [3.05, 3.63) is 35.4 Å². The number of nitriles is 1. The first-order chi connectivity index (χ1) is 9.56. The van der Waals surface area contributed by atoms with E-state index >= 15 is 0 Å². The smallest absolute Gasteiger partial charge is 0.176 e. The van der Waals surface area contributed by atoms with Crippen molar-refractivity contribution in [1.29, 1.82) is 5.26 Å². The number of methoxy groups -OCH3 is 1. The summed E-state index contributed by atoms with van der Waals surface area (Å²) >= 11 is 0. The van der Waals surface area contributed by atoms with Gasteiger partial charge in [0.05, 0.1) is 24.8 Å². The zero-order chi connectivity index (χ0) is 15.0. The summed E-state index contributed by atoms with van der Waals surface area (Å²) in [5, 5.41) is 8.75. The Kier molecular flexibility index (Phi) is 6.92. The molecule has 1 aromatic carbocycles. The van der Waals surface area contributed by atoms with E-state index in [9.17, 15) is 4.79 Å². The first kappa shape index (κ1) is 16.4. The Morgan fingerprint density at radius 1 is 1.35 bits per heavy atom. The lowest BCUT2D eigenvalue weighted by molar-refractivity contribution is 0.0881. The van der Waals surface area contributed by atoms with Crippen LogP contribution in [0.2, 0.25) is 0 Å². The van der Waals surface area contributed by atoms with Crippen LogP contribution in [0, 0.1) is 17.2 Å². The lowest BCUT2D eigenvalue weighted by atomic mass is 10.1. The number of carbonyl (C=O) groups excluding carboxylic acids is 1. The third-order valence-corrected chi connectivity index (χ3v) is 2.94. The molecule has 0 aromatic heterocycles. The number of benzene rings is 1. The van der Waals surface area contributed by atoms with E-state index in [4.69, 9.17) is 10.00 Å². The molecular weight excluding hydrogens is 252 g/mol. The summed E-state index contributed by atoms with van der Waals surface area (Å²) in [5.41, 5.74) is 1.22. The van der Waals surface area contributed by atoms with E-state index in [0.29, 0.717) is 30.2 Å². The number of rotatable bonds is 8. The molecule has 0 fully saturated rings. The summed E-state index contributed by atoms with van der Waals surface area (Å²) in [6.45, 7) is 6.88. The Morgan fingerprint density at radius 3 is 2.50 bits per heavy atom. The topological polar surface area (TPSA) is 53.3 Å². The zero-order valence-corrected chi connectivity index (χ0v) is 12.4. The molecule has 0 unspecified atom stereocenters. The monoisotopic (exact) mass is 274 g/mol. The second kappa shape index (κ2) is 8.47. The average Bonchev–Trinajstić information content (AvgIpc) is 2.44. The van der Waals surface area contributed by atoms with Crippen molar-refractivity contribution in [1.82, 2.24) is 4.90 Å². The van der Waals surface area contributed by atoms with E-state index in [1.54, 1.807) is 31.4 Å². The Morgan fingerprint density at radius 2 is 2.00 bits per heavy atom. The summed E-state index contributed by atoms with van der Waals surface area (Å²) in [7, 11) is 1.66. The van der Waals surface area contributed by atoms with E-state index in [0.717, 1.165) is 13.1 Å². The SMILES string of the molecule is COCCN(CC(=O)c1ccc(C#N)cc1)CC(C)C. The van der Waals surface area contributed by atoms with Gasteiger partial charge >= 0.3 is 0 Å². The van der Waals surface area contributed by atoms with Crippen LogP contribution >= 0.6 is 0 Å². The Labute approximate surface area is 121 Å². The molecule has 0 saturated carbocycles. The van der Waals surface area contributed by atoms with Crippen molar-refractivity contribution in [3.8, 4) is 6.07 Å². The molecule has 0 bridgehead atoms. The van der Waals surface area contributed by atoms with Gasteiger partial charge in [-0.2, -0.15) is 5.26 Å². The average molecular weight is 274 g/mol. The zero-order valence-electron chi connectivity index (χ0n) is 12.4. The molecular formula is C16H22N2O2. The summed E-state index contributed by atoms with van der Waals surface area (Å²) in [4.78, 5) is 14.3. The molecule has 108 valence electrons. The van der Waals surface area contributed by atoms with Crippen molar-refractivity contribution in [2.45, 2.75) is 13.8 Å². The first-order valence-corrected chi connectivity index (χ1v) is 6.81. The Balaban J connectivity index is 2.66. The van der Waals surface area contributed by atoms with Crippen LogP contribution < -0.4 is 0 Å². The van der Waals surface area contributed by atoms with Crippen LogP contribution in [0.15, 0.2) is 24.3 Å². The Bertz CT molecular complexity index is 460. The highest BCUT2D eigenvalue weighted by Crippen LogP contribution is 2.07. The maximum atomic E-state index is 12.2. The Hall–Kier alpha value is -1.70. The van der Waals surface area contributed by atoms with Crippen LogP contribution in [0.3, 0.4) is 0 Å². The van der Waals surface area contributed by atoms with Gasteiger partial charge in [-0.25, -0.2) is 0 Å². The third-order valence-electron chi connectivity index (χ3n) is 2.94. The fourth-order valence-corrected chi connectivity index (χ4v) is 2.00. The molecule has 0 aliphatic heterocycles. The normalized spacial score (nSPS) is 10.8. The number of carbonyl (C=O) groups is 1. The highest BCUT2D eigenvalue weighted by atomic mass is 16.5. The van der Waals surface area contributed by atoms with Gasteiger partial charge in [-0.05, 0) is 18.1 Å². The van der Waals surface area contributed by atoms with Gasteiger partial charge in [-0.3, -0.25) is 9.69 Å². The van der Waals surface area contributed by atoms with E-state index in [-0.39, 0.29) is 5.78 Å². The van der Waals surface area contributed by atoms with Crippen LogP contribution in [0.25, 0.3) is 0 Å². The quantitative estimate of drug-likeness (QED) is 0.683. The molecule has 4 heteroatoms. The molecule has 0 aliphatic carbocycles. The lowest BCUT2D eigenvalue weighted by Crippen LogP contribution is -2.35. The minimum Gasteiger partial charge on any atom is -0.383 e. The van der Waals surface area contributed by atoms with Crippen molar-refractivity contribution >= 4 is 5.78 Å². The number of hydrogen-bond donors (Lipinski definition) is 0. The van der Waals surface area contributed by atoms with Gasteiger partial charge in [0.1, 0.15) is 0 Å². The van der Waals surface area contributed by atoms with E-state index in [2.05, 4.69) is 18.7 Å². The van der Waals surface area contributed by atoms with Crippen LogP contribution in [0.4, 0.5) is 0 Å². The molecule has 1 aromatic rings. The number of Topliss-reactive ketones (excluding diaryl/α,β-unsaturated/α-hetero) is 1. The summed E-state index contributed by atoms with van der Waals surface area (Å²) in [6.07, 6.45) is 0. The van der Waals surface area contributed by atoms with E-state index in [1.807, 2.05) is 6.07 Å². The third kappa shape index (κ3) is 5.52. The largest absolute Gasteiger partial charge is 0.383 e. The molecule has 0 amide bonds. The van der Waals surface area contributed by atoms with Gasteiger partial charge in [0.15, 0.2) is 5.78 Å². The number of nitrogens with zero attached hydrogens (tertiary/aromatic N) is 2. The molecule has 0 spiro atoms. The minimum atomic E-state index is 0.0752. The highest BCUT2D eigenvalue weighted by molar-refractivity contribution is 5.97. The standard InChI is InChI=1S/C16H22N2O2/c1-13(2)11-18(8-9-20-3)12-16(19)15-6-4-14(10-17)5-7-15/h4-7,13H,8-9,11-12H2,1-3H3. The predicted octanol–water partition coefficient (Wildman–Crippen LogP) is 2.35. The molecule has 0 radical (unpaired) electrons. The van der Waals surface area contributed by atoms with Gasteiger partial charge in [0, 0.05) is 25.8 Å². The van der Waals surface area contributed by atoms with Crippen LogP contribution in [0.1, 0.15) is 29.8 Å². The maximum absolute atomic E-state index is 12.2. The summed E-state index contributed by atoms with van der Waals surface area (Å²) in [6, 6.07) is 8.83. The minimum absolute atomic E-state index is 0.0752. The van der Waals surface area contributed by atoms with Crippen molar-refractivity contribution in [2.75, 3.05) is 33.4 Å². The van der Waals surface area contributed by atoms with E-state index < -0.39 is 0 Å². The molecule has 20 heavy (non-hydrogen) atoms. The molecule has 0 saturated heterocycles. The van der Waals surface area contributed by atoms with Gasteiger partial charge in [-0.1, -0.05) is 26.0 Å². The molecule has 0 atom stereocenters. The predicted molar refractivity (Wildman–Crippen MR) is 78.6 cm³/mol. The van der Waals surface area contributed by atoms with Crippen molar-refractivity contribution in [3.63, 3.8) is 0 Å². The molecule has 0 aliphatic rings. The second-order valence-electron chi connectivity index (χ2n) is 5.23. The molecule has 0 N–H and O–H groups in total.